The number of pyridine rings is 1. The Morgan fingerprint density at radius 3 is 3.00 bits per heavy atom. The summed E-state index contributed by atoms with van der Waals surface area (Å²) in [5, 5.41) is 14.2. The van der Waals surface area contributed by atoms with E-state index in [1.807, 2.05) is 44.8 Å². The lowest BCUT2D eigenvalue weighted by atomic mass is 10.0. The van der Waals surface area contributed by atoms with Crippen LogP contribution in [0.25, 0.3) is 27.7 Å². The lowest BCUT2D eigenvalue weighted by molar-refractivity contribution is 0.303. The van der Waals surface area contributed by atoms with Crippen LogP contribution >= 0.6 is 0 Å². The maximum Gasteiger partial charge on any atom is 0.137 e. The molecule has 0 aliphatic carbocycles. The number of nitrogens with zero attached hydrogens (tertiary/aromatic N) is 3. The van der Waals surface area contributed by atoms with Gasteiger partial charge in [-0.1, -0.05) is 6.08 Å². The molecule has 0 unspecified atom stereocenters. The van der Waals surface area contributed by atoms with Crippen molar-refractivity contribution in [2.75, 3.05) is 6.61 Å². The number of hydrogen-bond donors (Lipinski definition) is 2. The van der Waals surface area contributed by atoms with Crippen molar-refractivity contribution in [1.29, 1.82) is 0 Å². The molecule has 0 aliphatic rings. The predicted molar refractivity (Wildman–Crippen MR) is 83.6 cm³/mol. The Balaban J connectivity index is 2.08. The topological polar surface area (TPSA) is 66.7 Å². The highest BCUT2D eigenvalue weighted by molar-refractivity contribution is 5.94. The molecule has 0 spiro atoms. The number of aryl methyl sites for hydroxylation is 1. The summed E-state index contributed by atoms with van der Waals surface area (Å²) in [6, 6.07) is 2.13. The van der Waals surface area contributed by atoms with E-state index in [0.29, 0.717) is 6.42 Å². The normalized spacial score (nSPS) is 12.2. The molecular weight excluding hydrogens is 264 g/mol. The quantitative estimate of drug-likeness (QED) is 0.773. The third-order valence-corrected chi connectivity index (χ3v) is 3.58. The summed E-state index contributed by atoms with van der Waals surface area (Å²) in [6.45, 7) is 2.20. The zero-order chi connectivity index (χ0) is 14.8. The minimum absolute atomic E-state index is 0.165. The number of hydrogen-bond acceptors (Lipinski definition) is 3. The molecule has 0 atom stereocenters. The molecule has 2 N–H and O–H groups in total. The van der Waals surface area contributed by atoms with Crippen molar-refractivity contribution < 1.29 is 5.11 Å². The molecule has 0 saturated carbocycles. The molecule has 3 heterocycles. The number of aromatic nitrogens is 4. The number of aliphatic hydroxyl groups is 1. The van der Waals surface area contributed by atoms with Crippen LogP contribution < -0.4 is 0 Å². The number of nitrogens with one attached hydrogen (secondary N) is 1. The van der Waals surface area contributed by atoms with E-state index in [0.717, 1.165) is 33.3 Å². The Morgan fingerprint density at radius 1 is 1.43 bits per heavy atom. The van der Waals surface area contributed by atoms with E-state index in [2.05, 4.69) is 21.1 Å². The zero-order valence-corrected chi connectivity index (χ0v) is 12.2. The molecular formula is C16H18N4O. The maximum absolute atomic E-state index is 8.92. The molecule has 108 valence electrons. The average molecular weight is 282 g/mol. The molecule has 0 fully saturated rings. The number of H-pyrrole nitrogens is 1. The van der Waals surface area contributed by atoms with E-state index in [-0.39, 0.29) is 6.61 Å². The summed E-state index contributed by atoms with van der Waals surface area (Å²) in [5.41, 5.74) is 5.23. The third-order valence-electron chi connectivity index (χ3n) is 3.58. The fourth-order valence-electron chi connectivity index (χ4n) is 2.42. The second-order valence-corrected chi connectivity index (χ2v) is 5.12. The van der Waals surface area contributed by atoms with Gasteiger partial charge in [0.05, 0.1) is 6.20 Å². The molecule has 3 aromatic rings. The number of allylic oxidation sites excluding steroid dienone is 1. The Hall–Kier alpha value is -2.40. The lowest BCUT2D eigenvalue weighted by Gasteiger charge is -2.02. The van der Waals surface area contributed by atoms with Crippen molar-refractivity contribution >= 4 is 16.6 Å². The SMILES string of the molecule is C/C(=C\CCO)c1cnc2[nH]cc(-c3cnn(C)c3)c2c1. The summed E-state index contributed by atoms with van der Waals surface area (Å²) >= 11 is 0. The van der Waals surface area contributed by atoms with Gasteiger partial charge in [-0.05, 0) is 30.5 Å². The van der Waals surface area contributed by atoms with Crippen molar-refractivity contribution in [3.05, 3.63) is 42.5 Å². The highest BCUT2D eigenvalue weighted by Gasteiger charge is 2.10. The van der Waals surface area contributed by atoms with E-state index >= 15 is 0 Å². The van der Waals surface area contributed by atoms with Gasteiger partial charge in [0.25, 0.3) is 0 Å². The number of aliphatic hydroxyl groups excluding tert-OH is 1. The van der Waals surface area contributed by atoms with Crippen LogP contribution in [-0.4, -0.2) is 31.5 Å². The second-order valence-electron chi connectivity index (χ2n) is 5.12. The number of aromatic amines is 1. The molecule has 3 aromatic heterocycles. The smallest absolute Gasteiger partial charge is 0.137 e. The van der Waals surface area contributed by atoms with Crippen LogP contribution in [0.3, 0.4) is 0 Å². The summed E-state index contributed by atoms with van der Waals surface area (Å²) < 4.78 is 1.79. The Kier molecular flexibility index (Phi) is 3.58. The van der Waals surface area contributed by atoms with E-state index in [9.17, 15) is 0 Å². The van der Waals surface area contributed by atoms with Crippen molar-refractivity contribution in [2.24, 2.45) is 7.05 Å². The molecule has 0 saturated heterocycles. The summed E-state index contributed by atoms with van der Waals surface area (Å²) in [7, 11) is 1.91. The first-order valence-electron chi connectivity index (χ1n) is 6.93. The van der Waals surface area contributed by atoms with E-state index in [1.54, 1.807) is 4.68 Å². The molecule has 5 heteroatoms. The minimum Gasteiger partial charge on any atom is -0.396 e. The molecule has 0 aliphatic heterocycles. The Bertz CT molecular complexity index is 798. The highest BCUT2D eigenvalue weighted by Crippen LogP contribution is 2.29. The average Bonchev–Trinajstić information content (AvgIpc) is 3.09. The van der Waals surface area contributed by atoms with Gasteiger partial charge in [0.1, 0.15) is 5.65 Å². The van der Waals surface area contributed by atoms with Gasteiger partial charge in [-0.25, -0.2) is 4.98 Å². The summed E-state index contributed by atoms with van der Waals surface area (Å²) in [4.78, 5) is 7.67. The monoisotopic (exact) mass is 282 g/mol. The Morgan fingerprint density at radius 2 is 2.29 bits per heavy atom. The molecule has 3 rings (SSSR count). The van der Waals surface area contributed by atoms with Crippen LogP contribution in [0.5, 0.6) is 0 Å². The predicted octanol–water partition coefficient (Wildman–Crippen LogP) is 2.75. The van der Waals surface area contributed by atoms with Crippen LogP contribution in [-0.2, 0) is 7.05 Å². The number of fused-ring (bicyclic) bond motifs is 1. The highest BCUT2D eigenvalue weighted by atomic mass is 16.2. The van der Waals surface area contributed by atoms with Crippen LogP contribution in [0.4, 0.5) is 0 Å². The van der Waals surface area contributed by atoms with Crippen molar-refractivity contribution in [3.8, 4) is 11.1 Å². The maximum atomic E-state index is 8.92. The van der Waals surface area contributed by atoms with Crippen LogP contribution in [0.2, 0.25) is 0 Å². The van der Waals surface area contributed by atoms with Crippen LogP contribution in [0.15, 0.2) is 36.9 Å². The van der Waals surface area contributed by atoms with Crippen molar-refractivity contribution in [3.63, 3.8) is 0 Å². The van der Waals surface area contributed by atoms with Crippen molar-refractivity contribution in [1.82, 2.24) is 19.7 Å². The van der Waals surface area contributed by atoms with Gasteiger partial charge < -0.3 is 10.1 Å². The second kappa shape index (κ2) is 5.54. The Labute approximate surface area is 123 Å². The molecule has 0 amide bonds. The first-order valence-corrected chi connectivity index (χ1v) is 6.93. The lowest BCUT2D eigenvalue weighted by Crippen LogP contribution is -1.86. The largest absolute Gasteiger partial charge is 0.396 e. The molecule has 0 aromatic carbocycles. The molecule has 0 bridgehead atoms. The van der Waals surface area contributed by atoms with E-state index in [1.165, 1.54) is 0 Å². The molecule has 5 nitrogen and oxygen atoms in total. The van der Waals surface area contributed by atoms with Gasteiger partial charge in [-0.2, -0.15) is 5.10 Å². The summed E-state index contributed by atoms with van der Waals surface area (Å²) in [5.74, 6) is 0. The fourth-order valence-corrected chi connectivity index (χ4v) is 2.42. The summed E-state index contributed by atoms with van der Waals surface area (Å²) in [6.07, 6.45) is 10.3. The first-order chi connectivity index (χ1) is 10.2. The van der Waals surface area contributed by atoms with Gasteiger partial charge in [-0.15, -0.1) is 0 Å². The third kappa shape index (κ3) is 2.60. The van der Waals surface area contributed by atoms with E-state index in [4.69, 9.17) is 5.11 Å². The number of rotatable bonds is 4. The van der Waals surface area contributed by atoms with Crippen LogP contribution in [0.1, 0.15) is 18.9 Å². The molecule has 0 radical (unpaired) electrons. The van der Waals surface area contributed by atoms with Gasteiger partial charge in [0.15, 0.2) is 0 Å². The van der Waals surface area contributed by atoms with Gasteiger partial charge in [0, 0.05) is 48.8 Å². The minimum atomic E-state index is 0.165. The van der Waals surface area contributed by atoms with Crippen molar-refractivity contribution in [2.45, 2.75) is 13.3 Å². The standard InChI is InChI=1S/C16H18N4O/c1-11(4-3-5-21)12-6-14-15(9-18-16(14)17-7-12)13-8-19-20(2)10-13/h4,6-10,21H,3,5H2,1-2H3,(H,17,18)/b11-4+. The first kappa shape index (κ1) is 13.6. The van der Waals surface area contributed by atoms with Gasteiger partial charge in [-0.3, -0.25) is 4.68 Å². The van der Waals surface area contributed by atoms with Crippen LogP contribution in [0, 0.1) is 0 Å². The van der Waals surface area contributed by atoms with Gasteiger partial charge in [0.2, 0.25) is 0 Å². The molecule has 21 heavy (non-hydrogen) atoms. The van der Waals surface area contributed by atoms with E-state index < -0.39 is 0 Å². The fraction of sp³-hybridized carbons (Fsp3) is 0.250. The zero-order valence-electron chi connectivity index (χ0n) is 12.2. The van der Waals surface area contributed by atoms with Gasteiger partial charge >= 0.3 is 0 Å².